The summed E-state index contributed by atoms with van der Waals surface area (Å²) in [5.41, 5.74) is 13.7. The number of hydrogen-bond donors (Lipinski definition) is 17. The van der Waals surface area contributed by atoms with E-state index in [1.807, 2.05) is 0 Å². The molecule has 1 aromatic heterocycles. The summed E-state index contributed by atoms with van der Waals surface area (Å²) in [5, 5.41) is 65.6. The molecule has 101 heavy (non-hydrogen) atoms. The number of hydrogen-bond acceptors (Lipinski definition) is 18. The number of aliphatic hydroxyl groups is 1. The summed E-state index contributed by atoms with van der Waals surface area (Å²) in [6.45, 7) is 0.0269. The SMILES string of the molecule is C[C@@H](O)[C@@H]1NC(=O)[C@H](CC(N)=O)NC(=O)[C@H](CC(=O)O)NC(=O)[C@H](Cc2ccc(O)cc2)NC(=O)CNC(=O)[C@H](CCC(=O)O)NC(=O)[C@H](Cc2ccccc2)NC(=O)[C@H](Cc2c[nH]c3ccccc23)NC(=O)CSC[C@@H](C(N)=O)NC(=O)[C@@H]2CCCN2C(=O)[C@H](Cc2ccccc2)NC1=O. The van der Waals surface area contributed by atoms with E-state index in [1.54, 1.807) is 91.1 Å². The van der Waals surface area contributed by atoms with Gasteiger partial charge in [-0.15, -0.1) is 11.8 Å². The van der Waals surface area contributed by atoms with Crippen LogP contribution in [0, 0.1) is 0 Å². The lowest BCUT2D eigenvalue weighted by molar-refractivity contribution is -0.143. The monoisotopic (exact) mass is 1420 g/mol. The third-order valence-corrected chi connectivity index (χ3v) is 17.5. The summed E-state index contributed by atoms with van der Waals surface area (Å²) in [6, 6.07) is 11.6. The highest BCUT2D eigenvalue weighted by Gasteiger charge is 2.42. The summed E-state index contributed by atoms with van der Waals surface area (Å²) < 4.78 is 0. The van der Waals surface area contributed by atoms with Gasteiger partial charge in [-0.1, -0.05) is 91.0 Å². The average molecular weight is 1420 g/mol. The van der Waals surface area contributed by atoms with Crippen molar-refractivity contribution in [2.24, 2.45) is 11.5 Å². The molecule has 0 unspecified atom stereocenters. The number of primary amides is 2. The average Bonchev–Trinajstić information content (AvgIpc) is 1.61. The van der Waals surface area contributed by atoms with Crippen LogP contribution in [0.2, 0.25) is 0 Å². The number of aromatic hydroxyl groups is 1. The van der Waals surface area contributed by atoms with Crippen molar-refractivity contribution in [3.05, 3.63) is 138 Å². The van der Waals surface area contributed by atoms with Crippen LogP contribution in [0.5, 0.6) is 5.75 Å². The Morgan fingerprint density at radius 1 is 0.545 bits per heavy atom. The van der Waals surface area contributed by atoms with E-state index in [-0.39, 0.29) is 55.7 Å². The lowest BCUT2D eigenvalue weighted by Crippen LogP contribution is -2.62. The molecule has 0 radical (unpaired) electrons. The molecule has 2 saturated heterocycles. The number of H-pyrrole nitrogens is 1. The zero-order valence-corrected chi connectivity index (χ0v) is 55.5. The first-order valence-corrected chi connectivity index (χ1v) is 33.3. The van der Waals surface area contributed by atoms with Gasteiger partial charge in [-0.05, 0) is 66.6 Å². The van der Waals surface area contributed by atoms with Crippen molar-refractivity contribution in [2.45, 2.75) is 138 Å². The molecule has 0 spiro atoms. The minimum Gasteiger partial charge on any atom is -0.508 e. The van der Waals surface area contributed by atoms with Crippen molar-refractivity contribution >= 4 is 111 Å². The molecule has 2 fully saturated rings. The Labute approximate surface area is 581 Å². The number of aliphatic hydroxyl groups excluding tert-OH is 1. The van der Waals surface area contributed by atoms with Gasteiger partial charge in [0.25, 0.3) is 0 Å². The Hall–Kier alpha value is -11.4. The maximum atomic E-state index is 14.8. The molecule has 0 aliphatic carbocycles. The van der Waals surface area contributed by atoms with Crippen LogP contribution in [0.15, 0.2) is 115 Å². The Kier molecular flexibility index (Phi) is 28.2. The van der Waals surface area contributed by atoms with Gasteiger partial charge in [0.2, 0.25) is 76.8 Å². The van der Waals surface area contributed by atoms with Gasteiger partial charge in [0.1, 0.15) is 66.2 Å². The maximum absolute atomic E-state index is 14.8. The van der Waals surface area contributed by atoms with Crippen LogP contribution < -0.4 is 64.6 Å². The number of carboxylic acids is 2. The van der Waals surface area contributed by atoms with Crippen molar-refractivity contribution in [1.29, 1.82) is 0 Å². The van der Waals surface area contributed by atoms with Crippen LogP contribution in [0.1, 0.15) is 67.7 Å². The molecular formula is C67H80N14O19S. The van der Waals surface area contributed by atoms with Gasteiger partial charge < -0.3 is 94.9 Å². The molecular weight excluding hydrogens is 1340 g/mol. The summed E-state index contributed by atoms with van der Waals surface area (Å²) in [5.74, 6) is -18.3. The molecule has 2 aliphatic rings. The Balaban J connectivity index is 1.25. The Morgan fingerprint density at radius 2 is 1.06 bits per heavy atom. The van der Waals surface area contributed by atoms with Gasteiger partial charge in [0.15, 0.2) is 0 Å². The molecule has 0 bridgehead atoms. The van der Waals surface area contributed by atoms with Crippen molar-refractivity contribution in [3.63, 3.8) is 0 Å². The largest absolute Gasteiger partial charge is 0.508 e. The number of fused-ring (bicyclic) bond motifs is 2. The number of thioether (sulfide) groups is 1. The number of nitrogens with zero attached hydrogens (tertiary/aromatic N) is 1. The van der Waals surface area contributed by atoms with E-state index in [1.165, 1.54) is 24.3 Å². The normalized spacial score (nSPS) is 23.7. The molecule has 0 saturated carbocycles. The first-order valence-electron chi connectivity index (χ1n) is 32.1. The third-order valence-electron chi connectivity index (χ3n) is 16.4. The number of phenolic OH excluding ortho intramolecular Hbond substituents is 1. The summed E-state index contributed by atoms with van der Waals surface area (Å²) >= 11 is 0.832. The number of aromatic amines is 1. The number of phenols is 1. The predicted molar refractivity (Wildman–Crippen MR) is 360 cm³/mol. The second-order valence-electron chi connectivity index (χ2n) is 24.2. The van der Waals surface area contributed by atoms with E-state index >= 15 is 0 Å². The standard InChI is InChI=1S/C67H80N14O19S/c1-35(82)57-66(99)78-49(27-37-13-6-3-7-14-37)67(100)81-24-10-17-51(81)65(98)79-50(58(69)91)33-101-34-54(86)73-46(28-39-31-70-42-16-9-8-15-41(39)42)62(95)75-45(25-36-11-4-2-5-12-36)61(94)74-43(22-23-55(87)88)59(92)71-32-53(85)72-44(26-38-18-20-40(83)21-19-38)60(93)77-48(30-56(89)90)63(96)76-47(29-52(68)84)64(97)80-57/h2-9,11-16,18-21,31,35,43-51,57,70,82-83H,10,17,22-30,32-34H2,1H3,(H2,68,84)(H2,69,91)(H,71,92)(H,72,85)(H,73,86)(H,74,94)(H,75,95)(H,76,96)(H,77,93)(H,78,99)(H,79,98)(H,80,97)(H,87,88)(H,89,90)/t35-,43+,44+,45+,46+,47+,48+,49+,50+,51+,57+/m1/s1. The summed E-state index contributed by atoms with van der Waals surface area (Å²) in [4.78, 5) is 212. The quantitative estimate of drug-likeness (QED) is 0.0428. The van der Waals surface area contributed by atoms with Gasteiger partial charge in [-0.25, -0.2) is 0 Å². The van der Waals surface area contributed by atoms with E-state index in [0.717, 1.165) is 23.6 Å². The molecule has 7 rings (SSSR count). The molecule has 11 atom stereocenters. The number of nitrogens with one attached hydrogen (secondary N) is 11. The molecule has 3 heterocycles. The lowest BCUT2D eigenvalue weighted by Gasteiger charge is -2.31. The van der Waals surface area contributed by atoms with E-state index < -0.39 is 200 Å². The molecule has 13 amide bonds. The third kappa shape index (κ3) is 23.4. The number of rotatable bonds is 17. The number of carbonyl (C=O) groups is 15. The topological polar surface area (TPSA) is 528 Å². The molecule has 4 aromatic carbocycles. The minimum atomic E-state index is -2.14. The van der Waals surface area contributed by atoms with E-state index in [9.17, 15) is 92.3 Å². The Bertz CT molecular complexity index is 3860. The van der Waals surface area contributed by atoms with E-state index in [0.29, 0.717) is 27.6 Å². The van der Waals surface area contributed by atoms with Gasteiger partial charge in [-0.3, -0.25) is 71.9 Å². The van der Waals surface area contributed by atoms with E-state index in [2.05, 4.69) is 58.2 Å². The van der Waals surface area contributed by atoms with Gasteiger partial charge in [-0.2, -0.15) is 0 Å². The van der Waals surface area contributed by atoms with Gasteiger partial charge in [0, 0.05) is 61.5 Å². The molecule has 5 aromatic rings. The second kappa shape index (κ2) is 37.0. The van der Waals surface area contributed by atoms with Crippen molar-refractivity contribution in [1.82, 2.24) is 63.1 Å². The number of carbonyl (C=O) groups excluding carboxylic acids is 13. The van der Waals surface area contributed by atoms with E-state index in [4.69, 9.17) is 11.5 Å². The van der Waals surface area contributed by atoms with Crippen molar-refractivity contribution in [3.8, 4) is 5.75 Å². The fraction of sp³-hybridized carbons (Fsp3) is 0.388. The number of aromatic nitrogens is 1. The molecule has 538 valence electrons. The van der Waals surface area contributed by atoms with Crippen molar-refractivity contribution in [2.75, 3.05) is 24.6 Å². The van der Waals surface area contributed by atoms with Gasteiger partial charge in [0.05, 0.1) is 31.2 Å². The van der Waals surface area contributed by atoms with Gasteiger partial charge >= 0.3 is 11.9 Å². The van der Waals surface area contributed by atoms with Crippen LogP contribution >= 0.6 is 11.8 Å². The number of carboxylic acid groups (broad SMARTS) is 2. The Morgan fingerprint density at radius 3 is 1.65 bits per heavy atom. The zero-order chi connectivity index (χ0) is 73.4. The fourth-order valence-corrected chi connectivity index (χ4v) is 12.1. The number of benzene rings is 4. The lowest BCUT2D eigenvalue weighted by atomic mass is 10.0. The first kappa shape index (κ1) is 76.9. The highest BCUT2D eigenvalue weighted by atomic mass is 32.2. The molecule has 2 aliphatic heterocycles. The van der Waals surface area contributed by atoms with Crippen LogP contribution in [0.3, 0.4) is 0 Å². The van der Waals surface area contributed by atoms with Crippen molar-refractivity contribution < 1.29 is 92.3 Å². The maximum Gasteiger partial charge on any atom is 0.305 e. The minimum absolute atomic E-state index is 0.0479. The van der Waals surface area contributed by atoms with Crippen LogP contribution in [0.25, 0.3) is 10.9 Å². The summed E-state index contributed by atoms with van der Waals surface area (Å²) in [7, 11) is 0. The smallest absolute Gasteiger partial charge is 0.305 e. The predicted octanol–water partition coefficient (Wildman–Crippen LogP) is -3.56. The molecule has 19 N–H and O–H groups in total. The fourth-order valence-electron chi connectivity index (χ4n) is 11.3. The van der Waals surface area contributed by atoms with Crippen LogP contribution in [-0.2, 0) is 97.6 Å². The number of aliphatic carboxylic acids is 2. The highest BCUT2D eigenvalue weighted by molar-refractivity contribution is 8.00. The number of para-hydroxylation sites is 1. The molecule has 33 nitrogen and oxygen atoms in total. The first-order chi connectivity index (χ1) is 48.1. The second-order valence-corrected chi connectivity index (χ2v) is 25.2. The number of amides is 13. The van der Waals surface area contributed by atoms with Crippen LogP contribution in [-0.4, -0.2) is 210 Å². The number of nitrogens with two attached hydrogens (primary N) is 2. The van der Waals surface area contributed by atoms with Crippen LogP contribution in [0.4, 0.5) is 0 Å². The summed E-state index contributed by atoms with van der Waals surface area (Å²) in [6.07, 6.45) is -4.61. The highest BCUT2D eigenvalue weighted by Crippen LogP contribution is 2.23. The molecule has 34 heteroatoms. The zero-order valence-electron chi connectivity index (χ0n) is 54.6.